The molecule has 0 aromatic heterocycles. The Hall–Kier alpha value is -2.58. The lowest BCUT2D eigenvalue weighted by Gasteiger charge is -2.25. The highest BCUT2D eigenvalue weighted by molar-refractivity contribution is 7.98. The van der Waals surface area contributed by atoms with Crippen LogP contribution in [0.25, 0.3) is 11.1 Å². The molecule has 9 heteroatoms. The maximum absolute atomic E-state index is 14.2. The van der Waals surface area contributed by atoms with E-state index in [4.69, 9.17) is 11.6 Å². The monoisotopic (exact) mass is 510 g/mol. The summed E-state index contributed by atoms with van der Waals surface area (Å²) in [5.41, 5.74) is 1.72. The van der Waals surface area contributed by atoms with E-state index in [0.29, 0.717) is 16.1 Å². The van der Waals surface area contributed by atoms with E-state index in [1.165, 1.54) is 5.01 Å². The highest BCUT2D eigenvalue weighted by Gasteiger charge is 2.62. The highest BCUT2D eigenvalue weighted by atomic mass is 35.5. The molecule has 0 N–H and O–H groups in total. The zero-order valence-corrected chi connectivity index (χ0v) is 19.6. The van der Waals surface area contributed by atoms with Gasteiger partial charge in [-0.1, -0.05) is 60.1 Å². The number of halogens is 6. The van der Waals surface area contributed by atoms with Crippen LogP contribution >= 0.6 is 23.4 Å². The SMILES string of the molecule is CSc1ccc(-c2cccc(C3CC(C(F)(F)C(F)(F)F)=NN3Cc3ccccc3Cl)c2)cc1. The van der Waals surface area contributed by atoms with Gasteiger partial charge >= 0.3 is 12.1 Å². The molecule has 2 nitrogen and oxygen atoms in total. The van der Waals surface area contributed by atoms with Crippen molar-refractivity contribution in [3.05, 3.63) is 88.9 Å². The van der Waals surface area contributed by atoms with E-state index in [1.54, 1.807) is 48.2 Å². The number of hydrogen-bond donors (Lipinski definition) is 0. The van der Waals surface area contributed by atoms with Crippen molar-refractivity contribution in [2.75, 3.05) is 6.26 Å². The molecule has 178 valence electrons. The van der Waals surface area contributed by atoms with E-state index >= 15 is 0 Å². The predicted molar refractivity (Wildman–Crippen MR) is 126 cm³/mol. The van der Waals surface area contributed by atoms with E-state index in [0.717, 1.165) is 16.0 Å². The lowest BCUT2D eigenvalue weighted by atomic mass is 9.95. The van der Waals surface area contributed by atoms with Gasteiger partial charge in [0.1, 0.15) is 5.71 Å². The smallest absolute Gasteiger partial charge is 0.285 e. The summed E-state index contributed by atoms with van der Waals surface area (Å²) in [6, 6.07) is 21.0. The fourth-order valence-electron chi connectivity index (χ4n) is 3.85. The van der Waals surface area contributed by atoms with E-state index in [-0.39, 0.29) is 6.54 Å². The molecule has 3 aromatic rings. The lowest BCUT2D eigenvalue weighted by Crippen LogP contribution is -2.43. The second kappa shape index (κ2) is 9.58. The van der Waals surface area contributed by atoms with Gasteiger partial charge in [0.2, 0.25) is 0 Å². The molecule has 1 aliphatic rings. The first-order chi connectivity index (χ1) is 16.1. The average Bonchev–Trinajstić information content (AvgIpc) is 3.24. The summed E-state index contributed by atoms with van der Waals surface area (Å²) in [7, 11) is 0. The first-order valence-corrected chi connectivity index (χ1v) is 12.0. The molecule has 1 unspecified atom stereocenters. The first kappa shape index (κ1) is 24.5. The summed E-state index contributed by atoms with van der Waals surface area (Å²) in [5.74, 6) is -5.02. The zero-order chi connectivity index (χ0) is 24.5. The average molecular weight is 511 g/mol. The molecule has 1 atom stereocenters. The Morgan fingerprint density at radius 3 is 2.29 bits per heavy atom. The molecular weight excluding hydrogens is 491 g/mol. The van der Waals surface area contributed by atoms with Gasteiger partial charge in [-0.25, -0.2) is 0 Å². The van der Waals surface area contributed by atoms with Crippen molar-refractivity contribution in [1.29, 1.82) is 0 Å². The van der Waals surface area contributed by atoms with Crippen molar-refractivity contribution in [1.82, 2.24) is 5.01 Å². The fraction of sp³-hybridized carbons (Fsp3) is 0.240. The summed E-state index contributed by atoms with van der Waals surface area (Å²) in [5, 5.41) is 5.42. The molecule has 0 radical (unpaired) electrons. The van der Waals surface area contributed by atoms with Gasteiger partial charge in [-0.05, 0) is 52.8 Å². The molecular formula is C25H20ClF5N2S. The molecule has 0 amide bonds. The van der Waals surface area contributed by atoms with Crippen molar-refractivity contribution >= 4 is 29.1 Å². The van der Waals surface area contributed by atoms with Crippen LogP contribution < -0.4 is 0 Å². The van der Waals surface area contributed by atoms with Gasteiger partial charge in [-0.3, -0.25) is 5.01 Å². The van der Waals surface area contributed by atoms with E-state index < -0.39 is 30.3 Å². The summed E-state index contributed by atoms with van der Waals surface area (Å²) in [6.45, 7) is -0.00553. The minimum Gasteiger partial charge on any atom is -0.285 e. The van der Waals surface area contributed by atoms with Crippen molar-refractivity contribution in [3.63, 3.8) is 0 Å². The Balaban J connectivity index is 1.70. The molecule has 0 spiro atoms. The fourth-order valence-corrected chi connectivity index (χ4v) is 4.46. The van der Waals surface area contributed by atoms with Crippen molar-refractivity contribution in [2.24, 2.45) is 5.10 Å². The molecule has 4 rings (SSSR count). The Bertz CT molecular complexity index is 1190. The third-order valence-corrected chi connectivity index (χ3v) is 6.81. The van der Waals surface area contributed by atoms with Crippen LogP contribution in [0.1, 0.15) is 23.6 Å². The maximum atomic E-state index is 14.2. The van der Waals surface area contributed by atoms with Crippen molar-refractivity contribution in [3.8, 4) is 11.1 Å². The number of thioether (sulfide) groups is 1. The van der Waals surface area contributed by atoms with Gasteiger partial charge in [0.25, 0.3) is 0 Å². The molecule has 0 bridgehead atoms. The second-order valence-corrected chi connectivity index (χ2v) is 9.17. The van der Waals surface area contributed by atoms with Crippen molar-refractivity contribution < 1.29 is 22.0 Å². The van der Waals surface area contributed by atoms with Crippen LogP contribution in [-0.4, -0.2) is 29.1 Å². The maximum Gasteiger partial charge on any atom is 0.459 e. The molecule has 34 heavy (non-hydrogen) atoms. The molecule has 0 saturated heterocycles. The summed E-state index contributed by atoms with van der Waals surface area (Å²) >= 11 is 7.83. The minimum absolute atomic E-state index is 0.00553. The van der Waals surface area contributed by atoms with Gasteiger partial charge < -0.3 is 0 Å². The van der Waals surface area contributed by atoms with Crippen LogP contribution in [0.3, 0.4) is 0 Å². The van der Waals surface area contributed by atoms with Crippen LogP contribution in [0.2, 0.25) is 5.02 Å². The highest BCUT2D eigenvalue weighted by Crippen LogP contribution is 2.44. The molecule has 0 aliphatic carbocycles. The Labute approximate surface area is 203 Å². The van der Waals surface area contributed by atoms with Gasteiger partial charge in [-0.2, -0.15) is 27.1 Å². The number of nitrogens with zero attached hydrogens (tertiary/aromatic N) is 2. The molecule has 1 heterocycles. The zero-order valence-electron chi connectivity index (χ0n) is 18.0. The van der Waals surface area contributed by atoms with Crippen LogP contribution in [0.15, 0.2) is 82.8 Å². The third kappa shape index (κ3) is 4.93. The Kier molecular flexibility index (Phi) is 6.92. The largest absolute Gasteiger partial charge is 0.459 e. The van der Waals surface area contributed by atoms with Crippen LogP contribution in [0.5, 0.6) is 0 Å². The van der Waals surface area contributed by atoms with E-state index in [1.807, 2.05) is 42.7 Å². The Morgan fingerprint density at radius 1 is 0.941 bits per heavy atom. The number of rotatable bonds is 6. The van der Waals surface area contributed by atoms with E-state index in [9.17, 15) is 22.0 Å². The third-order valence-electron chi connectivity index (χ3n) is 5.70. The van der Waals surface area contributed by atoms with Gasteiger partial charge in [0.05, 0.1) is 12.6 Å². The first-order valence-electron chi connectivity index (χ1n) is 10.4. The number of hydrazone groups is 1. The number of alkyl halides is 5. The Morgan fingerprint density at radius 2 is 1.65 bits per heavy atom. The standard InChI is InChI=1S/C25H20ClF5N2S/c1-34-20-11-9-16(10-12-20)17-6-4-7-18(13-17)22-14-23(24(27,28)25(29,30)31)32-33(22)15-19-5-2-3-8-21(19)26/h2-13,22H,14-15H2,1H3. The normalized spacial score (nSPS) is 16.6. The van der Waals surface area contributed by atoms with Gasteiger partial charge in [0, 0.05) is 16.3 Å². The number of benzene rings is 3. The number of hydrogen-bond acceptors (Lipinski definition) is 3. The predicted octanol–water partition coefficient (Wildman–Crippen LogP) is 8.23. The topological polar surface area (TPSA) is 15.6 Å². The quantitative estimate of drug-likeness (QED) is 0.245. The van der Waals surface area contributed by atoms with Crippen LogP contribution in [-0.2, 0) is 6.54 Å². The van der Waals surface area contributed by atoms with Gasteiger partial charge in [-0.15, -0.1) is 11.8 Å². The molecule has 0 saturated carbocycles. The minimum atomic E-state index is -5.72. The van der Waals surface area contributed by atoms with Gasteiger partial charge in [0.15, 0.2) is 0 Å². The van der Waals surface area contributed by atoms with Crippen LogP contribution in [0, 0.1) is 0 Å². The summed E-state index contributed by atoms with van der Waals surface area (Å²) in [4.78, 5) is 1.09. The molecule has 1 aliphatic heterocycles. The summed E-state index contributed by atoms with van der Waals surface area (Å²) in [6.07, 6.45) is -4.30. The molecule has 0 fully saturated rings. The van der Waals surface area contributed by atoms with Crippen molar-refractivity contribution in [2.45, 2.75) is 36.0 Å². The summed E-state index contributed by atoms with van der Waals surface area (Å²) < 4.78 is 67.8. The second-order valence-electron chi connectivity index (χ2n) is 7.88. The lowest BCUT2D eigenvalue weighted by molar-refractivity contribution is -0.249. The van der Waals surface area contributed by atoms with E-state index in [2.05, 4.69) is 5.10 Å². The van der Waals surface area contributed by atoms with Crippen LogP contribution in [0.4, 0.5) is 22.0 Å². The molecule has 3 aromatic carbocycles.